The average Bonchev–Trinajstić information content (AvgIpc) is 2.70. The van der Waals surface area contributed by atoms with Crippen molar-refractivity contribution < 1.29 is 0 Å². The zero-order chi connectivity index (χ0) is 12.4. The summed E-state index contributed by atoms with van der Waals surface area (Å²) >= 11 is 14.6. The molecule has 1 heterocycles. The molecule has 90 valence electrons. The first-order valence-corrected chi connectivity index (χ1v) is 7.81. The lowest BCUT2D eigenvalue weighted by molar-refractivity contribution is 0.908. The molecule has 1 aromatic carbocycles. The summed E-state index contributed by atoms with van der Waals surface area (Å²) in [6, 6.07) is 10.3. The monoisotopic (exact) mass is 393 g/mol. The van der Waals surface area contributed by atoms with E-state index in [1.165, 1.54) is 4.88 Å². The van der Waals surface area contributed by atoms with Crippen molar-refractivity contribution in [3.63, 3.8) is 0 Å². The van der Waals surface area contributed by atoms with Gasteiger partial charge < -0.3 is 5.32 Å². The highest BCUT2D eigenvalue weighted by atomic mass is 79.9. The Labute approximate surface area is 126 Å². The van der Waals surface area contributed by atoms with Gasteiger partial charge in [-0.2, -0.15) is 0 Å². The van der Waals surface area contributed by atoms with Crippen LogP contribution in [-0.4, -0.2) is 0 Å². The summed E-state index contributed by atoms with van der Waals surface area (Å²) in [7, 11) is 0. The van der Waals surface area contributed by atoms with E-state index in [0.717, 1.165) is 19.0 Å². The van der Waals surface area contributed by atoms with E-state index in [9.17, 15) is 0 Å². The molecule has 2 rings (SSSR count). The highest BCUT2D eigenvalue weighted by Crippen LogP contribution is 2.31. The van der Waals surface area contributed by atoms with Gasteiger partial charge in [0.25, 0.3) is 0 Å². The normalized spacial score (nSPS) is 12.5. The lowest BCUT2D eigenvalue weighted by Gasteiger charge is -2.14. The van der Waals surface area contributed by atoms with Gasteiger partial charge in [0.15, 0.2) is 0 Å². The Balaban J connectivity index is 2.12. The van der Waals surface area contributed by atoms with Gasteiger partial charge in [-0.1, -0.05) is 11.6 Å². The highest BCUT2D eigenvalue weighted by molar-refractivity contribution is 9.11. The zero-order valence-corrected chi connectivity index (χ0v) is 13.8. The quantitative estimate of drug-likeness (QED) is 0.662. The largest absolute Gasteiger partial charge is 0.378 e. The fraction of sp³-hybridized carbons (Fsp3) is 0.167. The average molecular weight is 396 g/mol. The highest BCUT2D eigenvalue weighted by Gasteiger charge is 2.08. The predicted molar refractivity (Wildman–Crippen MR) is 83.2 cm³/mol. The van der Waals surface area contributed by atoms with Crippen molar-refractivity contribution in [1.82, 2.24) is 0 Å². The maximum Gasteiger partial charge on any atom is 0.0702 e. The molecule has 0 radical (unpaired) electrons. The molecule has 1 atom stereocenters. The molecular formula is C12H10Br2ClNS. The number of hydrogen-bond acceptors (Lipinski definition) is 2. The van der Waals surface area contributed by atoms with Gasteiger partial charge in [0, 0.05) is 15.0 Å². The van der Waals surface area contributed by atoms with E-state index in [4.69, 9.17) is 11.6 Å². The van der Waals surface area contributed by atoms with Crippen molar-refractivity contribution >= 4 is 60.5 Å². The first-order chi connectivity index (χ1) is 8.06. The second-order valence-corrected chi connectivity index (χ2v) is 7.39. The third-order valence-electron chi connectivity index (χ3n) is 2.32. The molecule has 2 aromatic rings. The third kappa shape index (κ3) is 3.47. The topological polar surface area (TPSA) is 12.0 Å². The second kappa shape index (κ2) is 5.74. The Morgan fingerprint density at radius 3 is 2.59 bits per heavy atom. The van der Waals surface area contributed by atoms with E-state index >= 15 is 0 Å². The molecule has 1 aromatic heterocycles. The van der Waals surface area contributed by atoms with Gasteiger partial charge >= 0.3 is 0 Å². The van der Waals surface area contributed by atoms with Crippen molar-refractivity contribution in [2.45, 2.75) is 13.0 Å². The van der Waals surface area contributed by atoms with Crippen LogP contribution >= 0.6 is 54.8 Å². The minimum absolute atomic E-state index is 0.267. The summed E-state index contributed by atoms with van der Waals surface area (Å²) in [6.45, 7) is 2.13. The summed E-state index contributed by atoms with van der Waals surface area (Å²) in [4.78, 5) is 1.29. The number of halogens is 3. The van der Waals surface area contributed by atoms with E-state index in [0.29, 0.717) is 0 Å². The molecule has 1 nitrogen and oxygen atoms in total. The van der Waals surface area contributed by atoms with Crippen LogP contribution in [0.5, 0.6) is 0 Å². The van der Waals surface area contributed by atoms with Crippen LogP contribution in [0.3, 0.4) is 0 Å². The summed E-state index contributed by atoms with van der Waals surface area (Å²) < 4.78 is 2.06. The number of anilines is 1. The van der Waals surface area contributed by atoms with Crippen molar-refractivity contribution in [2.24, 2.45) is 0 Å². The zero-order valence-electron chi connectivity index (χ0n) is 9.01. The van der Waals surface area contributed by atoms with Crippen molar-refractivity contribution in [2.75, 3.05) is 5.32 Å². The Kier molecular flexibility index (Phi) is 4.53. The Bertz CT molecular complexity index is 527. The minimum atomic E-state index is 0.267. The van der Waals surface area contributed by atoms with Crippen molar-refractivity contribution in [3.05, 3.63) is 48.5 Å². The smallest absolute Gasteiger partial charge is 0.0702 e. The van der Waals surface area contributed by atoms with Gasteiger partial charge in [0.1, 0.15) is 0 Å². The molecule has 0 aliphatic carbocycles. The summed E-state index contributed by atoms with van der Waals surface area (Å²) in [5, 5.41) is 4.14. The molecule has 0 amide bonds. The van der Waals surface area contributed by atoms with Crippen LogP contribution in [-0.2, 0) is 0 Å². The Morgan fingerprint density at radius 2 is 2.00 bits per heavy atom. The molecule has 0 saturated heterocycles. The number of benzene rings is 1. The van der Waals surface area contributed by atoms with Gasteiger partial charge in [-0.15, -0.1) is 11.3 Å². The van der Waals surface area contributed by atoms with Gasteiger partial charge in [-0.25, -0.2) is 0 Å². The molecule has 17 heavy (non-hydrogen) atoms. The van der Waals surface area contributed by atoms with E-state index in [2.05, 4.69) is 56.2 Å². The lowest BCUT2D eigenvalue weighted by Crippen LogP contribution is -2.04. The molecule has 0 aliphatic heterocycles. The van der Waals surface area contributed by atoms with Gasteiger partial charge in [-0.05, 0) is 69.1 Å². The summed E-state index contributed by atoms with van der Waals surface area (Å²) in [5.41, 5.74) is 1.02. The molecule has 0 saturated carbocycles. The number of hydrogen-bond donors (Lipinski definition) is 1. The SMILES string of the molecule is CC(Nc1ccc(Br)c(Cl)c1)c1ccc(Br)s1. The van der Waals surface area contributed by atoms with Crippen LogP contribution in [0.25, 0.3) is 0 Å². The fourth-order valence-corrected chi connectivity index (χ4v) is 3.32. The second-order valence-electron chi connectivity index (χ2n) is 3.64. The summed E-state index contributed by atoms with van der Waals surface area (Å²) in [6.07, 6.45) is 0. The van der Waals surface area contributed by atoms with Gasteiger partial charge in [-0.3, -0.25) is 0 Å². The molecule has 1 unspecified atom stereocenters. The molecule has 0 bridgehead atoms. The van der Waals surface area contributed by atoms with E-state index < -0.39 is 0 Å². The number of nitrogens with one attached hydrogen (secondary N) is 1. The predicted octanol–water partition coefficient (Wildman–Crippen LogP) is 6.10. The van der Waals surface area contributed by atoms with Crippen LogP contribution in [0.15, 0.2) is 38.6 Å². The van der Waals surface area contributed by atoms with Crippen LogP contribution in [0.1, 0.15) is 17.8 Å². The molecule has 0 spiro atoms. The maximum absolute atomic E-state index is 6.06. The first-order valence-electron chi connectivity index (χ1n) is 5.03. The van der Waals surface area contributed by atoms with Crippen LogP contribution in [0.4, 0.5) is 5.69 Å². The fourth-order valence-electron chi connectivity index (χ4n) is 1.47. The maximum atomic E-state index is 6.06. The first kappa shape index (κ1) is 13.4. The molecule has 0 aliphatic rings. The summed E-state index contributed by atoms with van der Waals surface area (Å²) in [5.74, 6) is 0. The third-order valence-corrected chi connectivity index (χ3v) is 5.36. The standard InChI is InChI=1S/C12H10Br2ClNS/c1-7(11-4-5-12(14)17-11)16-8-2-3-9(13)10(15)6-8/h2-7,16H,1H3. The minimum Gasteiger partial charge on any atom is -0.378 e. The molecule has 0 fully saturated rings. The van der Waals surface area contributed by atoms with Crippen molar-refractivity contribution in [3.8, 4) is 0 Å². The number of thiophene rings is 1. The Hall–Kier alpha value is -0.0300. The van der Waals surface area contributed by atoms with Gasteiger partial charge in [0.05, 0.1) is 14.9 Å². The van der Waals surface area contributed by atoms with Crippen LogP contribution < -0.4 is 5.32 Å². The molecule has 1 N–H and O–H groups in total. The van der Waals surface area contributed by atoms with Crippen molar-refractivity contribution in [1.29, 1.82) is 0 Å². The lowest BCUT2D eigenvalue weighted by atomic mass is 10.2. The van der Waals surface area contributed by atoms with Crippen LogP contribution in [0, 0.1) is 0 Å². The molecular weight excluding hydrogens is 385 g/mol. The Morgan fingerprint density at radius 1 is 1.24 bits per heavy atom. The molecule has 5 heteroatoms. The van der Waals surface area contributed by atoms with Crippen LogP contribution in [0.2, 0.25) is 5.02 Å². The number of rotatable bonds is 3. The van der Waals surface area contributed by atoms with E-state index in [-0.39, 0.29) is 6.04 Å². The van der Waals surface area contributed by atoms with E-state index in [1.54, 1.807) is 11.3 Å². The van der Waals surface area contributed by atoms with E-state index in [1.807, 2.05) is 18.2 Å². The van der Waals surface area contributed by atoms with Gasteiger partial charge in [0.2, 0.25) is 0 Å².